The van der Waals surface area contributed by atoms with Crippen molar-refractivity contribution in [2.24, 2.45) is 0 Å². The molecule has 0 saturated heterocycles. The molecule has 0 spiro atoms. The van der Waals surface area contributed by atoms with Gasteiger partial charge in [0.05, 0.1) is 6.54 Å². The number of hydrogen-bond acceptors (Lipinski definition) is 5. The van der Waals surface area contributed by atoms with E-state index in [0.29, 0.717) is 12.5 Å². The Balaban J connectivity index is 2.53. The molecule has 1 amide bonds. The number of likely N-dealkylation sites (N-methyl/N-ethyl adjacent to an activating group) is 2. The first-order chi connectivity index (χ1) is 8.67. The molecule has 0 aliphatic heterocycles. The Morgan fingerprint density at radius 3 is 2.50 bits per heavy atom. The number of carbonyl (C=O) groups excluding carboxylic acids is 1. The Kier molecular flexibility index (Phi) is 6.07. The van der Waals surface area contributed by atoms with Gasteiger partial charge in [0, 0.05) is 38.1 Å². The van der Waals surface area contributed by atoms with Crippen molar-refractivity contribution in [1.82, 2.24) is 20.6 Å². The number of hydrogen-bond donors (Lipinski definition) is 2. The molecule has 0 unspecified atom stereocenters. The molecular weight excluding hydrogens is 230 g/mol. The highest BCUT2D eigenvalue weighted by molar-refractivity contribution is 5.80. The van der Waals surface area contributed by atoms with E-state index in [1.807, 2.05) is 6.92 Å². The number of nitrogens with one attached hydrogen (secondary N) is 2. The molecule has 0 bridgehead atoms. The van der Waals surface area contributed by atoms with Crippen molar-refractivity contribution < 1.29 is 4.79 Å². The minimum absolute atomic E-state index is 0.0275. The molecule has 0 radical (unpaired) electrons. The Morgan fingerprint density at radius 1 is 1.28 bits per heavy atom. The summed E-state index contributed by atoms with van der Waals surface area (Å²) < 4.78 is 0. The highest BCUT2D eigenvalue weighted by Crippen LogP contribution is 2.04. The molecule has 6 heteroatoms. The van der Waals surface area contributed by atoms with E-state index in [1.165, 1.54) is 0 Å². The van der Waals surface area contributed by atoms with Crippen molar-refractivity contribution in [1.29, 1.82) is 0 Å². The maximum atomic E-state index is 11.4. The zero-order valence-electron chi connectivity index (χ0n) is 11.2. The Bertz CT molecular complexity index is 365. The second kappa shape index (κ2) is 7.60. The van der Waals surface area contributed by atoms with Crippen molar-refractivity contribution in [3.8, 4) is 0 Å². The Labute approximate surface area is 108 Å². The van der Waals surface area contributed by atoms with Gasteiger partial charge >= 0.3 is 0 Å². The van der Waals surface area contributed by atoms with Crippen LogP contribution in [0.25, 0.3) is 0 Å². The predicted octanol–water partition coefficient (Wildman–Crippen LogP) is 0.158. The average Bonchev–Trinajstić information content (AvgIpc) is 2.37. The average molecular weight is 251 g/mol. The van der Waals surface area contributed by atoms with Crippen LogP contribution in [0.3, 0.4) is 0 Å². The monoisotopic (exact) mass is 251 g/mol. The van der Waals surface area contributed by atoms with E-state index in [0.717, 1.165) is 18.7 Å². The molecule has 1 heterocycles. The van der Waals surface area contributed by atoms with Crippen LogP contribution in [0.15, 0.2) is 12.4 Å². The van der Waals surface area contributed by atoms with Gasteiger partial charge in [-0.15, -0.1) is 0 Å². The fraction of sp³-hybridized carbons (Fsp3) is 0.583. The molecule has 6 nitrogen and oxygen atoms in total. The minimum atomic E-state index is -0.0275. The van der Waals surface area contributed by atoms with Crippen LogP contribution in [0.1, 0.15) is 19.4 Å². The number of carbonyl (C=O) groups is 1. The van der Waals surface area contributed by atoms with E-state index in [1.54, 1.807) is 24.3 Å². The lowest BCUT2D eigenvalue weighted by atomic mass is 10.3. The number of amides is 1. The largest absolute Gasteiger partial charge is 0.355 e. The van der Waals surface area contributed by atoms with Crippen LogP contribution >= 0.6 is 0 Å². The van der Waals surface area contributed by atoms with E-state index >= 15 is 0 Å². The first kappa shape index (κ1) is 14.4. The van der Waals surface area contributed by atoms with E-state index in [2.05, 4.69) is 27.5 Å². The molecule has 1 rings (SSSR count). The molecule has 18 heavy (non-hydrogen) atoms. The van der Waals surface area contributed by atoms with Crippen LogP contribution in [-0.2, 0) is 11.3 Å². The summed E-state index contributed by atoms with van der Waals surface area (Å²) in [7, 11) is 1.80. The second-order valence-corrected chi connectivity index (χ2v) is 3.98. The zero-order chi connectivity index (χ0) is 13.4. The molecule has 0 aliphatic rings. The van der Waals surface area contributed by atoms with Gasteiger partial charge in [-0.1, -0.05) is 6.92 Å². The predicted molar refractivity (Wildman–Crippen MR) is 71.4 cm³/mol. The maximum Gasteiger partial charge on any atom is 0.239 e. The smallest absolute Gasteiger partial charge is 0.239 e. The third-order valence-electron chi connectivity index (χ3n) is 2.37. The summed E-state index contributed by atoms with van der Waals surface area (Å²) in [6, 6.07) is 0. The minimum Gasteiger partial charge on any atom is -0.355 e. The molecule has 0 aromatic carbocycles. The van der Waals surface area contributed by atoms with Gasteiger partial charge in [0.25, 0.3) is 0 Å². The van der Waals surface area contributed by atoms with Crippen molar-refractivity contribution in [3.05, 3.63) is 18.0 Å². The van der Waals surface area contributed by atoms with E-state index in [9.17, 15) is 4.79 Å². The molecule has 100 valence electrons. The molecular formula is C12H21N5O. The third-order valence-corrected chi connectivity index (χ3v) is 2.37. The first-order valence-electron chi connectivity index (χ1n) is 6.16. The van der Waals surface area contributed by atoms with Crippen molar-refractivity contribution in [3.63, 3.8) is 0 Å². The van der Waals surface area contributed by atoms with Crippen LogP contribution in [0.2, 0.25) is 0 Å². The summed E-state index contributed by atoms with van der Waals surface area (Å²) in [5.41, 5.74) is 1.03. The number of nitrogens with zero attached hydrogens (tertiary/aromatic N) is 3. The third kappa shape index (κ3) is 4.67. The fourth-order valence-corrected chi connectivity index (χ4v) is 1.44. The van der Waals surface area contributed by atoms with E-state index < -0.39 is 0 Å². The highest BCUT2D eigenvalue weighted by Gasteiger charge is 2.08. The molecule has 0 atom stereocenters. The van der Waals surface area contributed by atoms with Gasteiger partial charge in [-0.2, -0.15) is 0 Å². The van der Waals surface area contributed by atoms with Gasteiger partial charge in [0.2, 0.25) is 11.9 Å². The van der Waals surface area contributed by atoms with Gasteiger partial charge in [0.15, 0.2) is 0 Å². The summed E-state index contributed by atoms with van der Waals surface area (Å²) in [5.74, 6) is 0.529. The molecule has 1 aromatic rings. The van der Waals surface area contributed by atoms with Gasteiger partial charge < -0.3 is 15.5 Å². The van der Waals surface area contributed by atoms with Gasteiger partial charge in [0.1, 0.15) is 0 Å². The lowest BCUT2D eigenvalue weighted by molar-refractivity contribution is -0.119. The fourth-order valence-electron chi connectivity index (χ4n) is 1.44. The van der Waals surface area contributed by atoms with Crippen molar-refractivity contribution in [2.45, 2.75) is 20.4 Å². The highest BCUT2D eigenvalue weighted by atomic mass is 16.2. The summed E-state index contributed by atoms with van der Waals surface area (Å²) in [6.45, 7) is 6.52. The Morgan fingerprint density at radius 2 is 1.94 bits per heavy atom. The van der Waals surface area contributed by atoms with Gasteiger partial charge in [-0.3, -0.25) is 4.79 Å². The summed E-state index contributed by atoms with van der Waals surface area (Å²) in [5, 5.41) is 5.94. The molecule has 0 fully saturated rings. The van der Waals surface area contributed by atoms with Crippen molar-refractivity contribution >= 4 is 11.9 Å². The number of aromatic nitrogens is 2. The van der Waals surface area contributed by atoms with Gasteiger partial charge in [-0.05, 0) is 13.5 Å². The lowest BCUT2D eigenvalue weighted by Gasteiger charge is -2.16. The summed E-state index contributed by atoms with van der Waals surface area (Å²) in [4.78, 5) is 21.6. The molecule has 2 N–H and O–H groups in total. The quantitative estimate of drug-likeness (QED) is 0.722. The van der Waals surface area contributed by atoms with Crippen LogP contribution < -0.4 is 15.5 Å². The zero-order valence-corrected chi connectivity index (χ0v) is 11.2. The van der Waals surface area contributed by atoms with Crippen molar-refractivity contribution in [2.75, 3.05) is 31.6 Å². The SMILES string of the molecule is CCNCc1cnc(N(C)CC(=O)NCC)nc1. The van der Waals surface area contributed by atoms with Crippen LogP contribution in [-0.4, -0.2) is 42.6 Å². The first-order valence-corrected chi connectivity index (χ1v) is 6.16. The van der Waals surface area contributed by atoms with Crippen LogP contribution in [0.4, 0.5) is 5.95 Å². The lowest BCUT2D eigenvalue weighted by Crippen LogP contribution is -2.35. The number of rotatable bonds is 7. The van der Waals surface area contributed by atoms with Gasteiger partial charge in [-0.25, -0.2) is 9.97 Å². The summed E-state index contributed by atoms with van der Waals surface area (Å²) >= 11 is 0. The number of anilines is 1. The van der Waals surface area contributed by atoms with E-state index in [4.69, 9.17) is 0 Å². The molecule has 1 aromatic heterocycles. The molecule has 0 aliphatic carbocycles. The van der Waals surface area contributed by atoms with E-state index in [-0.39, 0.29) is 12.5 Å². The topological polar surface area (TPSA) is 70.2 Å². The maximum absolute atomic E-state index is 11.4. The molecule has 0 saturated carbocycles. The normalized spacial score (nSPS) is 10.2. The Hall–Kier alpha value is -1.69. The second-order valence-electron chi connectivity index (χ2n) is 3.98. The van der Waals surface area contributed by atoms with Crippen LogP contribution in [0.5, 0.6) is 0 Å². The summed E-state index contributed by atoms with van der Waals surface area (Å²) in [6.07, 6.45) is 3.55. The standard InChI is InChI=1S/C12H21N5O/c1-4-13-6-10-7-15-12(16-8-10)17(3)9-11(18)14-5-2/h7-8,13H,4-6,9H2,1-3H3,(H,14,18). The van der Waals surface area contributed by atoms with Crippen LogP contribution in [0, 0.1) is 0 Å².